The van der Waals surface area contributed by atoms with Crippen molar-refractivity contribution in [3.63, 3.8) is 0 Å². The molecule has 7 nitrogen and oxygen atoms in total. The molecule has 180 valence electrons. The maximum Gasteiger partial charge on any atom is 0.254 e. The van der Waals surface area contributed by atoms with Gasteiger partial charge in [-0.2, -0.15) is 0 Å². The molecule has 0 aliphatic carbocycles. The number of rotatable bonds is 12. The second-order valence-corrected chi connectivity index (χ2v) is 9.04. The first-order valence-electron chi connectivity index (χ1n) is 11.4. The number of nitrogens with one attached hydrogen (secondary N) is 2. The molecule has 0 aliphatic rings. The lowest BCUT2D eigenvalue weighted by Gasteiger charge is -2.27. The van der Waals surface area contributed by atoms with Crippen LogP contribution in [0.4, 0.5) is 5.82 Å². The minimum absolute atomic E-state index is 0.0647. The molecule has 2 aromatic rings. The molecule has 1 unspecified atom stereocenters. The van der Waals surface area contributed by atoms with E-state index in [1.54, 1.807) is 29.3 Å². The molecule has 2 rings (SSSR count). The zero-order valence-electron chi connectivity index (χ0n) is 20.1. The van der Waals surface area contributed by atoms with Crippen LogP contribution in [0.25, 0.3) is 0 Å². The van der Waals surface area contributed by atoms with Gasteiger partial charge in [0.25, 0.3) is 5.91 Å². The first-order valence-corrected chi connectivity index (χ1v) is 11.7. The summed E-state index contributed by atoms with van der Waals surface area (Å²) in [6, 6.07) is 10.6. The Labute approximate surface area is 201 Å². The lowest BCUT2D eigenvalue weighted by atomic mass is 10.1. The fourth-order valence-corrected chi connectivity index (χ4v) is 3.28. The number of anilines is 1. The molecular weight excluding hydrogens is 440 g/mol. The molecule has 33 heavy (non-hydrogen) atoms. The van der Waals surface area contributed by atoms with Gasteiger partial charge in [-0.15, -0.1) is 0 Å². The Hall–Kier alpha value is -2.80. The highest BCUT2D eigenvalue weighted by Crippen LogP contribution is 2.23. The van der Waals surface area contributed by atoms with Gasteiger partial charge >= 0.3 is 0 Å². The molecule has 1 heterocycles. The van der Waals surface area contributed by atoms with Crippen LogP contribution in [0.5, 0.6) is 5.75 Å². The largest absolute Gasteiger partial charge is 0.492 e. The topological polar surface area (TPSA) is 83.6 Å². The fraction of sp³-hybridized carbons (Fsp3) is 0.480. The zero-order chi connectivity index (χ0) is 24.4. The normalized spacial score (nSPS) is 11.9. The van der Waals surface area contributed by atoms with E-state index >= 15 is 0 Å². The highest BCUT2D eigenvalue weighted by molar-refractivity contribution is 6.31. The lowest BCUT2D eigenvalue weighted by molar-refractivity contribution is -0.122. The fourth-order valence-electron chi connectivity index (χ4n) is 3.06. The van der Waals surface area contributed by atoms with Crippen molar-refractivity contribution >= 4 is 29.2 Å². The van der Waals surface area contributed by atoms with Gasteiger partial charge in [0.2, 0.25) is 5.91 Å². The van der Waals surface area contributed by atoms with Gasteiger partial charge in [0.15, 0.2) is 0 Å². The molecule has 2 amide bonds. The Bertz CT molecular complexity index is 906. The number of amides is 2. The smallest absolute Gasteiger partial charge is 0.254 e. The van der Waals surface area contributed by atoms with Gasteiger partial charge in [-0.3, -0.25) is 9.59 Å². The van der Waals surface area contributed by atoms with Gasteiger partial charge in [0.1, 0.15) is 18.2 Å². The maximum absolute atomic E-state index is 13.2. The number of carbonyl (C=O) groups is 2. The van der Waals surface area contributed by atoms with Gasteiger partial charge in [0, 0.05) is 41.8 Å². The number of hydrogen-bond donors (Lipinski definition) is 2. The molecule has 0 saturated carbocycles. The Morgan fingerprint density at radius 3 is 2.52 bits per heavy atom. The van der Waals surface area contributed by atoms with Gasteiger partial charge in [-0.05, 0) is 57.0 Å². The molecule has 1 aromatic heterocycles. The van der Waals surface area contributed by atoms with Crippen molar-refractivity contribution in [2.75, 3.05) is 25.0 Å². The molecule has 0 bridgehead atoms. The number of halogens is 1. The first-order chi connectivity index (χ1) is 15.7. The van der Waals surface area contributed by atoms with Gasteiger partial charge in [-0.1, -0.05) is 31.5 Å². The van der Waals surface area contributed by atoms with Crippen molar-refractivity contribution in [1.29, 1.82) is 0 Å². The SMILES string of the molecule is CC(C)C(C)NC(=O)CCN(C(=O)c1cc(Cl)cc(OCCNc2ccccn2)c1)C(C)C. The van der Waals surface area contributed by atoms with E-state index in [0.717, 1.165) is 5.82 Å². The van der Waals surface area contributed by atoms with Crippen molar-refractivity contribution in [2.45, 2.75) is 53.1 Å². The summed E-state index contributed by atoms with van der Waals surface area (Å²) in [4.78, 5) is 31.4. The van der Waals surface area contributed by atoms with E-state index in [1.165, 1.54) is 0 Å². The van der Waals surface area contributed by atoms with Crippen LogP contribution in [0.2, 0.25) is 5.02 Å². The summed E-state index contributed by atoms with van der Waals surface area (Å²) in [5.74, 6) is 1.38. The van der Waals surface area contributed by atoms with Crippen LogP contribution >= 0.6 is 11.6 Å². The molecule has 2 N–H and O–H groups in total. The van der Waals surface area contributed by atoms with Crippen LogP contribution in [-0.2, 0) is 4.79 Å². The number of hydrogen-bond acceptors (Lipinski definition) is 5. The quantitative estimate of drug-likeness (QED) is 0.438. The van der Waals surface area contributed by atoms with Crippen molar-refractivity contribution in [3.05, 3.63) is 53.2 Å². The van der Waals surface area contributed by atoms with Crippen LogP contribution in [0.1, 0.15) is 51.4 Å². The van der Waals surface area contributed by atoms with Crippen LogP contribution < -0.4 is 15.4 Å². The van der Waals surface area contributed by atoms with Crippen LogP contribution in [0, 0.1) is 5.92 Å². The van der Waals surface area contributed by atoms with E-state index in [-0.39, 0.29) is 30.3 Å². The van der Waals surface area contributed by atoms with E-state index in [2.05, 4.69) is 29.5 Å². The summed E-state index contributed by atoms with van der Waals surface area (Å²) in [6.45, 7) is 11.2. The second-order valence-electron chi connectivity index (χ2n) is 8.61. The van der Waals surface area contributed by atoms with Gasteiger partial charge in [-0.25, -0.2) is 4.98 Å². The molecule has 0 radical (unpaired) electrons. The number of benzene rings is 1. The van der Waals surface area contributed by atoms with E-state index in [9.17, 15) is 9.59 Å². The Morgan fingerprint density at radius 1 is 1.12 bits per heavy atom. The highest BCUT2D eigenvalue weighted by Gasteiger charge is 2.21. The predicted molar refractivity (Wildman–Crippen MR) is 133 cm³/mol. The average Bonchev–Trinajstić information content (AvgIpc) is 2.76. The molecule has 1 aromatic carbocycles. The zero-order valence-corrected chi connectivity index (χ0v) is 20.9. The van der Waals surface area contributed by atoms with Gasteiger partial charge < -0.3 is 20.3 Å². The molecular formula is C25H35ClN4O3. The van der Waals surface area contributed by atoms with E-state index in [4.69, 9.17) is 16.3 Å². The third kappa shape index (κ3) is 8.92. The van der Waals surface area contributed by atoms with E-state index in [0.29, 0.717) is 41.9 Å². The number of aromatic nitrogens is 1. The highest BCUT2D eigenvalue weighted by atomic mass is 35.5. The molecule has 0 fully saturated rings. The summed E-state index contributed by atoms with van der Waals surface area (Å²) in [6.07, 6.45) is 1.96. The Morgan fingerprint density at radius 2 is 1.88 bits per heavy atom. The van der Waals surface area contributed by atoms with Crippen LogP contribution in [0.3, 0.4) is 0 Å². The summed E-state index contributed by atoms with van der Waals surface area (Å²) >= 11 is 6.26. The third-order valence-electron chi connectivity index (χ3n) is 5.31. The number of carbonyl (C=O) groups excluding carboxylic acids is 2. The van der Waals surface area contributed by atoms with Crippen molar-refractivity contribution in [3.8, 4) is 5.75 Å². The minimum Gasteiger partial charge on any atom is -0.492 e. The number of nitrogens with zero attached hydrogens (tertiary/aromatic N) is 2. The van der Waals surface area contributed by atoms with E-state index in [1.807, 2.05) is 39.0 Å². The molecule has 8 heteroatoms. The van der Waals surface area contributed by atoms with Crippen LogP contribution in [0.15, 0.2) is 42.6 Å². The molecule has 0 aliphatic heterocycles. The Balaban J connectivity index is 1.97. The average molecular weight is 475 g/mol. The van der Waals surface area contributed by atoms with Crippen molar-refractivity contribution in [2.24, 2.45) is 5.92 Å². The first kappa shape index (κ1) is 26.5. The third-order valence-corrected chi connectivity index (χ3v) is 5.53. The maximum atomic E-state index is 13.2. The molecule has 1 atom stereocenters. The predicted octanol–water partition coefficient (Wildman–Crippen LogP) is 4.63. The van der Waals surface area contributed by atoms with E-state index < -0.39 is 0 Å². The monoisotopic (exact) mass is 474 g/mol. The number of pyridine rings is 1. The standard InChI is InChI=1S/C25H35ClN4O3/c1-17(2)19(5)29-24(31)9-12-30(18(3)4)25(32)20-14-21(26)16-22(15-20)33-13-11-28-23-8-6-7-10-27-23/h6-8,10,14-19H,9,11-13H2,1-5H3,(H,27,28)(H,29,31). The minimum atomic E-state index is -0.186. The van der Waals surface area contributed by atoms with Crippen molar-refractivity contribution < 1.29 is 14.3 Å². The van der Waals surface area contributed by atoms with Gasteiger partial charge in [0.05, 0.1) is 6.54 Å². The summed E-state index contributed by atoms with van der Waals surface area (Å²) in [5.41, 5.74) is 0.430. The lowest BCUT2D eigenvalue weighted by Crippen LogP contribution is -2.42. The summed E-state index contributed by atoms with van der Waals surface area (Å²) < 4.78 is 5.79. The summed E-state index contributed by atoms with van der Waals surface area (Å²) in [5, 5.41) is 6.57. The van der Waals surface area contributed by atoms with Crippen molar-refractivity contribution in [1.82, 2.24) is 15.2 Å². The molecule has 0 saturated heterocycles. The Kier molecular flexibility index (Phi) is 10.5. The molecule has 0 spiro atoms. The summed E-state index contributed by atoms with van der Waals surface area (Å²) in [7, 11) is 0. The number of ether oxygens (including phenoxy) is 1. The van der Waals surface area contributed by atoms with Crippen LogP contribution in [-0.4, -0.2) is 53.5 Å². The second kappa shape index (κ2) is 13.0.